The van der Waals surface area contributed by atoms with Gasteiger partial charge in [-0.15, -0.1) is 5.10 Å². The Hall–Kier alpha value is -3.39. The van der Waals surface area contributed by atoms with Crippen LogP contribution in [-0.4, -0.2) is 29.9 Å². The van der Waals surface area contributed by atoms with Gasteiger partial charge in [-0.1, -0.05) is 0 Å². The van der Waals surface area contributed by atoms with E-state index < -0.39 is 0 Å². The van der Waals surface area contributed by atoms with E-state index in [1.165, 1.54) is 0 Å². The van der Waals surface area contributed by atoms with Gasteiger partial charge in [-0.05, 0) is 31.2 Å². The SMILES string of the molecule is CC1OCc2nn(C)cc2-c2cnc3ccc(nc3c2)Nc2cc1cnn2. The molecule has 0 saturated heterocycles. The van der Waals surface area contributed by atoms with Crippen LogP contribution >= 0.6 is 0 Å². The molecular weight excluding hydrogens is 342 g/mol. The highest BCUT2D eigenvalue weighted by molar-refractivity contribution is 5.82. The highest BCUT2D eigenvalue weighted by Gasteiger charge is 2.16. The van der Waals surface area contributed by atoms with Crippen LogP contribution in [0.15, 0.2) is 42.9 Å². The molecule has 4 aromatic rings. The Labute approximate surface area is 155 Å². The maximum atomic E-state index is 6.07. The fraction of sp³-hybridized carbons (Fsp3) is 0.211. The molecule has 8 nitrogen and oxygen atoms in total. The minimum absolute atomic E-state index is 0.154. The summed E-state index contributed by atoms with van der Waals surface area (Å²) in [6.07, 6.45) is 5.39. The third-order valence-electron chi connectivity index (χ3n) is 4.62. The number of aryl methyl sites for hydroxylation is 1. The summed E-state index contributed by atoms with van der Waals surface area (Å²) in [5.41, 5.74) is 5.36. The Balaban J connectivity index is 1.72. The molecule has 1 aliphatic heterocycles. The van der Waals surface area contributed by atoms with Gasteiger partial charge in [0.15, 0.2) is 5.82 Å². The van der Waals surface area contributed by atoms with Gasteiger partial charge >= 0.3 is 0 Å². The van der Waals surface area contributed by atoms with Crippen LogP contribution in [0, 0.1) is 0 Å². The molecule has 0 aromatic carbocycles. The predicted octanol–water partition coefficient (Wildman–Crippen LogP) is 3.16. The molecule has 1 atom stereocenters. The van der Waals surface area contributed by atoms with Crippen molar-refractivity contribution < 1.29 is 4.74 Å². The first-order valence-corrected chi connectivity index (χ1v) is 8.67. The number of nitrogens with zero attached hydrogens (tertiary/aromatic N) is 6. The van der Waals surface area contributed by atoms with Crippen molar-refractivity contribution in [3.63, 3.8) is 0 Å². The summed E-state index contributed by atoms with van der Waals surface area (Å²) in [6, 6.07) is 7.76. The first-order chi connectivity index (χ1) is 13.2. The van der Waals surface area contributed by atoms with Crippen LogP contribution in [0.4, 0.5) is 11.6 Å². The van der Waals surface area contributed by atoms with Crippen LogP contribution in [0.1, 0.15) is 24.3 Å². The fourth-order valence-electron chi connectivity index (χ4n) is 3.20. The molecule has 1 unspecified atom stereocenters. The monoisotopic (exact) mass is 359 g/mol. The molecule has 0 aliphatic carbocycles. The van der Waals surface area contributed by atoms with E-state index in [9.17, 15) is 0 Å². The van der Waals surface area contributed by atoms with Gasteiger partial charge in [-0.25, -0.2) is 4.98 Å². The van der Waals surface area contributed by atoms with Crippen LogP contribution in [0.2, 0.25) is 0 Å². The van der Waals surface area contributed by atoms with Gasteiger partial charge in [-0.3, -0.25) is 9.67 Å². The van der Waals surface area contributed by atoms with E-state index in [4.69, 9.17) is 4.74 Å². The molecule has 5 heterocycles. The molecule has 0 saturated carbocycles. The minimum atomic E-state index is -0.154. The zero-order valence-electron chi connectivity index (χ0n) is 14.9. The second-order valence-electron chi connectivity index (χ2n) is 6.57. The van der Waals surface area contributed by atoms with Gasteiger partial charge in [0, 0.05) is 36.1 Å². The summed E-state index contributed by atoms with van der Waals surface area (Å²) in [6.45, 7) is 2.37. The number of anilines is 2. The van der Waals surface area contributed by atoms with Gasteiger partial charge in [0.1, 0.15) is 5.82 Å². The summed E-state index contributed by atoms with van der Waals surface area (Å²) < 4.78 is 7.86. The lowest BCUT2D eigenvalue weighted by Crippen LogP contribution is -2.06. The average Bonchev–Trinajstić information content (AvgIpc) is 3.06. The summed E-state index contributed by atoms with van der Waals surface area (Å²) in [4.78, 5) is 9.23. The molecule has 5 bridgehead atoms. The minimum Gasteiger partial charge on any atom is -0.367 e. The van der Waals surface area contributed by atoms with Crippen LogP contribution < -0.4 is 5.32 Å². The Bertz CT molecular complexity index is 1150. The van der Waals surface area contributed by atoms with Gasteiger partial charge in [0.25, 0.3) is 0 Å². The van der Waals surface area contributed by atoms with E-state index >= 15 is 0 Å². The Kier molecular flexibility index (Phi) is 3.58. The van der Waals surface area contributed by atoms with Crippen molar-refractivity contribution in [2.24, 2.45) is 7.05 Å². The lowest BCUT2D eigenvalue weighted by molar-refractivity contribution is 0.0502. The molecule has 5 rings (SSSR count). The van der Waals surface area contributed by atoms with Crippen molar-refractivity contribution in [3.05, 3.63) is 54.1 Å². The standard InChI is InChI=1S/C19H17N7O/c1-11-12-6-19(24-21-8-12)23-18-4-3-15-16(22-18)5-13(7-20-15)14-9-26(2)25-17(14)10-27-11/h3-9,11H,10H2,1-2H3,(H,22,23,24). The zero-order chi connectivity index (χ0) is 18.4. The molecular formula is C19H17N7O. The molecule has 1 aliphatic rings. The number of rotatable bonds is 0. The third-order valence-corrected chi connectivity index (χ3v) is 4.62. The summed E-state index contributed by atoms with van der Waals surface area (Å²) in [5.74, 6) is 1.31. The molecule has 0 fully saturated rings. The average molecular weight is 359 g/mol. The Morgan fingerprint density at radius 1 is 1.15 bits per heavy atom. The van der Waals surface area contributed by atoms with Crippen molar-refractivity contribution >= 4 is 22.7 Å². The fourth-order valence-corrected chi connectivity index (χ4v) is 3.20. The van der Waals surface area contributed by atoms with Crippen LogP contribution in [-0.2, 0) is 18.4 Å². The van der Waals surface area contributed by atoms with E-state index in [1.54, 1.807) is 10.9 Å². The Morgan fingerprint density at radius 3 is 3.00 bits per heavy atom. The normalized spacial score (nSPS) is 16.1. The third kappa shape index (κ3) is 2.89. The number of fused-ring (bicyclic) bond motifs is 6. The molecule has 0 amide bonds. The lowest BCUT2D eigenvalue weighted by atomic mass is 10.1. The predicted molar refractivity (Wildman–Crippen MR) is 100 cm³/mol. The molecule has 1 N–H and O–H groups in total. The topological polar surface area (TPSA) is 90.6 Å². The zero-order valence-corrected chi connectivity index (χ0v) is 14.9. The van der Waals surface area contributed by atoms with E-state index in [1.807, 2.05) is 50.6 Å². The van der Waals surface area contributed by atoms with Crippen molar-refractivity contribution in [1.29, 1.82) is 0 Å². The van der Waals surface area contributed by atoms with E-state index in [2.05, 4.69) is 30.6 Å². The van der Waals surface area contributed by atoms with Crippen LogP contribution in [0.3, 0.4) is 0 Å². The van der Waals surface area contributed by atoms with Gasteiger partial charge in [0.2, 0.25) is 0 Å². The number of hydrogen-bond acceptors (Lipinski definition) is 7. The number of ether oxygens (including phenoxy) is 1. The van der Waals surface area contributed by atoms with Crippen LogP contribution in [0.5, 0.6) is 0 Å². The second-order valence-corrected chi connectivity index (χ2v) is 6.57. The van der Waals surface area contributed by atoms with Gasteiger partial charge in [-0.2, -0.15) is 10.2 Å². The van der Waals surface area contributed by atoms with Crippen LogP contribution in [0.25, 0.3) is 22.2 Å². The second kappa shape index (κ2) is 6.10. The number of pyridine rings is 2. The summed E-state index contributed by atoms with van der Waals surface area (Å²) >= 11 is 0. The van der Waals surface area contributed by atoms with Crippen molar-refractivity contribution in [2.45, 2.75) is 19.6 Å². The molecule has 4 aromatic heterocycles. The smallest absolute Gasteiger partial charge is 0.154 e. The first kappa shape index (κ1) is 15.8. The number of aromatic nitrogens is 6. The summed E-state index contributed by atoms with van der Waals surface area (Å²) in [5, 5.41) is 16.0. The lowest BCUT2D eigenvalue weighted by Gasteiger charge is -2.15. The maximum absolute atomic E-state index is 6.07. The highest BCUT2D eigenvalue weighted by atomic mass is 16.5. The van der Waals surface area contributed by atoms with Gasteiger partial charge < -0.3 is 10.1 Å². The molecule has 134 valence electrons. The molecule has 0 radical (unpaired) electrons. The van der Waals surface area contributed by atoms with E-state index in [0.29, 0.717) is 18.2 Å². The molecule has 8 heteroatoms. The summed E-state index contributed by atoms with van der Waals surface area (Å²) in [7, 11) is 1.90. The van der Waals surface area contributed by atoms with Gasteiger partial charge in [0.05, 0.1) is 35.6 Å². The molecule has 27 heavy (non-hydrogen) atoms. The number of nitrogens with one attached hydrogen (secondary N) is 1. The van der Waals surface area contributed by atoms with E-state index in [0.717, 1.165) is 33.4 Å². The van der Waals surface area contributed by atoms with Crippen molar-refractivity contribution in [2.75, 3.05) is 5.32 Å². The molecule has 0 spiro atoms. The maximum Gasteiger partial charge on any atom is 0.154 e. The quantitative estimate of drug-likeness (QED) is 0.516. The Morgan fingerprint density at radius 2 is 2.07 bits per heavy atom. The van der Waals surface area contributed by atoms with Crippen molar-refractivity contribution in [3.8, 4) is 11.1 Å². The number of hydrogen-bond donors (Lipinski definition) is 1. The van der Waals surface area contributed by atoms with E-state index in [-0.39, 0.29) is 6.10 Å². The van der Waals surface area contributed by atoms with Crippen molar-refractivity contribution in [1.82, 2.24) is 29.9 Å². The largest absolute Gasteiger partial charge is 0.367 e. The first-order valence-electron chi connectivity index (χ1n) is 8.67. The highest BCUT2D eigenvalue weighted by Crippen LogP contribution is 2.28.